The molecule has 0 aliphatic carbocycles. The van der Waals surface area contributed by atoms with E-state index in [9.17, 15) is 4.79 Å². The zero-order chi connectivity index (χ0) is 22.1. The summed E-state index contributed by atoms with van der Waals surface area (Å²) < 4.78 is 1.85. The van der Waals surface area contributed by atoms with Crippen molar-refractivity contribution in [3.8, 4) is 5.95 Å². The lowest BCUT2D eigenvalue weighted by Gasteiger charge is -2.36. The number of anilines is 1. The molecule has 170 valence electrons. The molecule has 3 heterocycles. The minimum Gasteiger partial charge on any atom is -0.356 e. The van der Waals surface area contributed by atoms with Crippen LogP contribution in [0, 0.1) is 0 Å². The summed E-state index contributed by atoms with van der Waals surface area (Å²) in [4.78, 5) is 28.7. The molecule has 1 saturated heterocycles. The van der Waals surface area contributed by atoms with Gasteiger partial charge in [-0.3, -0.25) is 9.36 Å². The minimum absolute atomic E-state index is 0.153. The molecule has 1 N–H and O–H groups in total. The van der Waals surface area contributed by atoms with Crippen LogP contribution in [-0.2, 0) is 4.79 Å². The molecule has 0 saturated carbocycles. The number of hydrogen-bond donors (Lipinski definition) is 1. The molecule has 0 aromatic carbocycles. The molecule has 1 unspecified atom stereocenters. The van der Waals surface area contributed by atoms with Crippen LogP contribution in [0.3, 0.4) is 0 Å². The quantitative estimate of drug-likeness (QED) is 0.531. The van der Waals surface area contributed by atoms with Gasteiger partial charge in [0.1, 0.15) is 12.1 Å². The monoisotopic (exact) mass is 426 g/mol. The molecule has 2 aromatic heterocycles. The van der Waals surface area contributed by atoms with Gasteiger partial charge in [0, 0.05) is 44.0 Å². The molecule has 7 nitrogen and oxygen atoms in total. The van der Waals surface area contributed by atoms with E-state index in [-0.39, 0.29) is 11.9 Å². The average molecular weight is 427 g/mol. The van der Waals surface area contributed by atoms with Gasteiger partial charge in [-0.2, -0.15) is 4.98 Å². The highest BCUT2D eigenvalue weighted by atomic mass is 16.1. The molecule has 0 bridgehead atoms. The van der Waals surface area contributed by atoms with Gasteiger partial charge in [0.2, 0.25) is 11.9 Å². The van der Waals surface area contributed by atoms with Gasteiger partial charge in [-0.1, -0.05) is 46.5 Å². The summed E-state index contributed by atoms with van der Waals surface area (Å²) in [6, 6.07) is 2.27. The highest BCUT2D eigenvalue weighted by molar-refractivity contribution is 5.77. The second kappa shape index (κ2) is 11.8. The Hall–Kier alpha value is -2.44. The number of carbonyl (C=O) groups excluding carboxylic acids is 1. The van der Waals surface area contributed by atoms with Gasteiger partial charge in [-0.25, -0.2) is 9.97 Å². The molecule has 1 amide bonds. The van der Waals surface area contributed by atoms with E-state index < -0.39 is 0 Å². The van der Waals surface area contributed by atoms with Crippen molar-refractivity contribution in [3.63, 3.8) is 0 Å². The summed E-state index contributed by atoms with van der Waals surface area (Å²) in [6.45, 7) is 8.21. The summed E-state index contributed by atoms with van der Waals surface area (Å²) in [7, 11) is 0. The minimum atomic E-state index is 0.153. The van der Waals surface area contributed by atoms with Crippen molar-refractivity contribution in [3.05, 3.63) is 30.5 Å². The third-order valence-electron chi connectivity index (χ3n) is 5.99. The first-order valence-corrected chi connectivity index (χ1v) is 12.0. The van der Waals surface area contributed by atoms with E-state index in [1.165, 1.54) is 25.7 Å². The SMILES string of the molecule is CCCCCCCNC(=O)CC1CCCCN1c1cc(C(C)C)nc(-n2ccnc2)n1. The Morgan fingerprint density at radius 2 is 2.03 bits per heavy atom. The third-order valence-corrected chi connectivity index (χ3v) is 5.99. The molecule has 0 spiro atoms. The number of rotatable bonds is 11. The van der Waals surface area contributed by atoms with Crippen LogP contribution in [0.25, 0.3) is 5.95 Å². The summed E-state index contributed by atoms with van der Waals surface area (Å²) in [5.41, 5.74) is 1.01. The van der Waals surface area contributed by atoms with E-state index in [0.29, 0.717) is 18.3 Å². The van der Waals surface area contributed by atoms with E-state index in [0.717, 1.165) is 50.3 Å². The summed E-state index contributed by atoms with van der Waals surface area (Å²) >= 11 is 0. The van der Waals surface area contributed by atoms with Crippen LogP contribution in [-0.4, -0.2) is 44.6 Å². The van der Waals surface area contributed by atoms with Crippen LogP contribution in [0.15, 0.2) is 24.8 Å². The van der Waals surface area contributed by atoms with Crippen molar-refractivity contribution in [2.24, 2.45) is 0 Å². The number of carbonyl (C=O) groups is 1. The topological polar surface area (TPSA) is 75.9 Å². The molecule has 2 aromatic rings. The van der Waals surface area contributed by atoms with Gasteiger partial charge in [0.05, 0.1) is 5.69 Å². The average Bonchev–Trinajstić information content (AvgIpc) is 3.31. The fourth-order valence-corrected chi connectivity index (χ4v) is 4.13. The van der Waals surface area contributed by atoms with Crippen molar-refractivity contribution < 1.29 is 4.79 Å². The Morgan fingerprint density at radius 3 is 2.77 bits per heavy atom. The van der Waals surface area contributed by atoms with E-state index in [1.54, 1.807) is 12.5 Å². The molecule has 7 heteroatoms. The number of unbranched alkanes of at least 4 members (excludes halogenated alkanes) is 4. The number of nitrogens with zero attached hydrogens (tertiary/aromatic N) is 5. The normalized spacial score (nSPS) is 16.6. The Balaban J connectivity index is 1.68. The highest BCUT2D eigenvalue weighted by Crippen LogP contribution is 2.28. The van der Waals surface area contributed by atoms with E-state index in [4.69, 9.17) is 9.97 Å². The summed E-state index contributed by atoms with van der Waals surface area (Å²) in [5, 5.41) is 3.13. The van der Waals surface area contributed by atoms with Gasteiger partial charge in [-0.05, 0) is 31.6 Å². The molecule has 1 atom stereocenters. The molecule has 1 aliphatic heterocycles. The second-order valence-corrected chi connectivity index (χ2v) is 8.89. The van der Waals surface area contributed by atoms with Crippen molar-refractivity contribution >= 4 is 11.7 Å². The zero-order valence-corrected chi connectivity index (χ0v) is 19.4. The fourth-order valence-electron chi connectivity index (χ4n) is 4.13. The number of nitrogens with one attached hydrogen (secondary N) is 1. The lowest BCUT2D eigenvalue weighted by molar-refractivity contribution is -0.121. The van der Waals surface area contributed by atoms with Crippen LogP contribution in [0.5, 0.6) is 0 Å². The Morgan fingerprint density at radius 1 is 1.19 bits per heavy atom. The smallest absolute Gasteiger partial charge is 0.237 e. The first-order valence-electron chi connectivity index (χ1n) is 12.0. The first-order chi connectivity index (χ1) is 15.1. The summed E-state index contributed by atoms with van der Waals surface area (Å²) in [5.74, 6) is 2.00. The molecule has 1 fully saturated rings. The van der Waals surface area contributed by atoms with Crippen molar-refractivity contribution in [1.82, 2.24) is 24.8 Å². The highest BCUT2D eigenvalue weighted by Gasteiger charge is 2.27. The van der Waals surface area contributed by atoms with Crippen LogP contribution in [0.4, 0.5) is 5.82 Å². The van der Waals surface area contributed by atoms with Crippen molar-refractivity contribution in [1.29, 1.82) is 0 Å². The Labute approximate surface area is 186 Å². The Bertz CT molecular complexity index is 804. The van der Waals surface area contributed by atoms with Crippen LogP contribution in [0.2, 0.25) is 0 Å². The molecular weight excluding hydrogens is 388 g/mol. The maximum atomic E-state index is 12.6. The fraction of sp³-hybridized carbons (Fsp3) is 0.667. The van der Waals surface area contributed by atoms with Crippen LogP contribution < -0.4 is 10.2 Å². The van der Waals surface area contributed by atoms with Gasteiger partial charge in [0.15, 0.2) is 0 Å². The van der Waals surface area contributed by atoms with Crippen LogP contribution >= 0.6 is 0 Å². The second-order valence-electron chi connectivity index (χ2n) is 8.89. The Kier molecular flexibility index (Phi) is 8.85. The molecular formula is C24H38N6O. The number of amides is 1. The van der Waals surface area contributed by atoms with Crippen molar-refractivity contribution in [2.45, 2.75) is 90.5 Å². The van der Waals surface area contributed by atoms with Gasteiger partial charge in [0.25, 0.3) is 0 Å². The van der Waals surface area contributed by atoms with E-state index in [2.05, 4.69) is 42.0 Å². The number of imidazole rings is 1. The van der Waals surface area contributed by atoms with E-state index >= 15 is 0 Å². The largest absolute Gasteiger partial charge is 0.356 e. The predicted molar refractivity (Wildman–Crippen MR) is 125 cm³/mol. The molecule has 31 heavy (non-hydrogen) atoms. The summed E-state index contributed by atoms with van der Waals surface area (Å²) in [6.07, 6.45) is 15.2. The predicted octanol–water partition coefficient (Wildman–Crippen LogP) is 4.62. The van der Waals surface area contributed by atoms with Gasteiger partial charge < -0.3 is 10.2 Å². The lowest BCUT2D eigenvalue weighted by atomic mass is 9.98. The van der Waals surface area contributed by atoms with Gasteiger partial charge >= 0.3 is 0 Å². The van der Waals surface area contributed by atoms with E-state index in [1.807, 2.05) is 10.8 Å². The number of hydrogen-bond acceptors (Lipinski definition) is 5. The molecule has 3 rings (SSSR count). The first kappa shape index (κ1) is 23.2. The molecule has 0 radical (unpaired) electrons. The van der Waals surface area contributed by atoms with Crippen LogP contribution in [0.1, 0.15) is 90.2 Å². The standard InChI is InChI=1S/C24H38N6O/c1-4-5-6-7-9-12-26-23(31)16-20-11-8-10-14-30(20)22-17-21(19(2)3)27-24(28-22)29-15-13-25-18-29/h13,15,17-20H,4-12,14,16H2,1-3H3,(H,26,31). The molecule has 1 aliphatic rings. The lowest BCUT2D eigenvalue weighted by Crippen LogP contribution is -2.43. The maximum absolute atomic E-state index is 12.6. The number of aromatic nitrogens is 4. The zero-order valence-electron chi connectivity index (χ0n) is 19.4. The third kappa shape index (κ3) is 6.77. The van der Waals surface area contributed by atoms with Crippen molar-refractivity contribution in [2.75, 3.05) is 18.0 Å². The maximum Gasteiger partial charge on any atom is 0.237 e. The number of piperidine rings is 1. The van der Waals surface area contributed by atoms with Gasteiger partial charge in [-0.15, -0.1) is 0 Å².